The van der Waals surface area contributed by atoms with Crippen LogP contribution in [-0.2, 0) is 4.79 Å². The smallest absolute Gasteiger partial charge is 0.328 e. The monoisotopic (exact) mass is 212 g/mol. The minimum atomic E-state index is -1.03. The average Bonchev–Trinajstić information content (AvgIpc) is 2.74. The summed E-state index contributed by atoms with van der Waals surface area (Å²) in [6, 6.07) is 3.59. The summed E-state index contributed by atoms with van der Waals surface area (Å²) in [6.07, 6.45) is 7.07. The maximum absolute atomic E-state index is 10.1. The van der Waals surface area contributed by atoms with Crippen molar-refractivity contribution in [2.45, 2.75) is 0 Å². The van der Waals surface area contributed by atoms with Crippen molar-refractivity contribution < 1.29 is 14.3 Å². The SMILES string of the molecule is O=C(O)/C=C/C#CC#C/C=C/c1ccco1. The third-order valence-electron chi connectivity index (χ3n) is 1.39. The minimum absolute atomic E-state index is 0.716. The van der Waals surface area contributed by atoms with E-state index in [1.165, 1.54) is 6.08 Å². The lowest BCUT2D eigenvalue weighted by atomic mass is 10.4. The van der Waals surface area contributed by atoms with Crippen LogP contribution in [0.1, 0.15) is 5.76 Å². The van der Waals surface area contributed by atoms with E-state index in [4.69, 9.17) is 9.52 Å². The zero-order chi connectivity index (χ0) is 11.6. The van der Waals surface area contributed by atoms with Gasteiger partial charge in [0, 0.05) is 6.08 Å². The first-order chi connectivity index (χ1) is 7.79. The Morgan fingerprint density at radius 3 is 2.69 bits per heavy atom. The molecule has 1 aromatic heterocycles. The highest BCUT2D eigenvalue weighted by Crippen LogP contribution is 2.00. The van der Waals surface area contributed by atoms with Gasteiger partial charge in [-0.2, -0.15) is 0 Å². The molecule has 1 aromatic rings. The van der Waals surface area contributed by atoms with Gasteiger partial charge in [0.05, 0.1) is 6.26 Å². The Labute approximate surface area is 93.1 Å². The van der Waals surface area contributed by atoms with Crippen LogP contribution in [0.25, 0.3) is 6.08 Å². The molecule has 3 nitrogen and oxygen atoms in total. The molecule has 0 bridgehead atoms. The molecule has 78 valence electrons. The van der Waals surface area contributed by atoms with Crippen LogP contribution in [0.2, 0.25) is 0 Å². The van der Waals surface area contributed by atoms with Gasteiger partial charge in [0.1, 0.15) is 5.76 Å². The molecular formula is C13H8O3. The van der Waals surface area contributed by atoms with E-state index in [1.54, 1.807) is 30.5 Å². The Hall–Kier alpha value is -2.65. The molecule has 1 N–H and O–H groups in total. The summed E-state index contributed by atoms with van der Waals surface area (Å²) in [4.78, 5) is 10.1. The van der Waals surface area contributed by atoms with Crippen molar-refractivity contribution in [3.8, 4) is 23.7 Å². The maximum atomic E-state index is 10.1. The fourth-order valence-electron chi connectivity index (χ4n) is 0.778. The molecule has 16 heavy (non-hydrogen) atoms. The molecule has 0 spiro atoms. The Morgan fingerprint density at radius 2 is 2.06 bits per heavy atom. The lowest BCUT2D eigenvalue weighted by Crippen LogP contribution is -1.84. The van der Waals surface area contributed by atoms with Gasteiger partial charge in [0.15, 0.2) is 0 Å². The van der Waals surface area contributed by atoms with Crippen molar-refractivity contribution in [3.05, 3.63) is 42.4 Å². The van der Waals surface area contributed by atoms with E-state index in [-0.39, 0.29) is 0 Å². The van der Waals surface area contributed by atoms with Gasteiger partial charge in [-0.15, -0.1) is 0 Å². The molecule has 0 aromatic carbocycles. The van der Waals surface area contributed by atoms with Gasteiger partial charge >= 0.3 is 5.97 Å². The lowest BCUT2D eigenvalue weighted by Gasteiger charge is -1.76. The first-order valence-electron chi connectivity index (χ1n) is 4.39. The summed E-state index contributed by atoms with van der Waals surface area (Å²) in [5.74, 6) is 9.84. The summed E-state index contributed by atoms with van der Waals surface area (Å²) in [6.45, 7) is 0. The van der Waals surface area contributed by atoms with E-state index in [1.807, 2.05) is 0 Å². The van der Waals surface area contributed by atoms with Crippen LogP contribution in [-0.4, -0.2) is 11.1 Å². The molecular weight excluding hydrogens is 204 g/mol. The van der Waals surface area contributed by atoms with Crippen LogP contribution in [0.15, 0.2) is 41.0 Å². The normalized spacial score (nSPS) is 9.50. The van der Waals surface area contributed by atoms with E-state index in [9.17, 15) is 4.79 Å². The standard InChI is InChI=1S/C13H8O3/c14-13(15)10-6-4-2-1-3-5-8-12-9-7-11-16-12/h5-11H,(H,14,15)/b8-5+,10-6+. The molecule has 0 unspecified atom stereocenters. The molecule has 0 atom stereocenters. The number of carboxylic acids is 1. The van der Waals surface area contributed by atoms with Crippen LogP contribution in [0.4, 0.5) is 0 Å². The van der Waals surface area contributed by atoms with Gasteiger partial charge in [-0.05, 0) is 42.2 Å². The number of allylic oxidation sites excluding steroid dienone is 2. The second kappa shape index (κ2) is 6.75. The van der Waals surface area contributed by atoms with Gasteiger partial charge in [-0.25, -0.2) is 4.79 Å². The van der Waals surface area contributed by atoms with Crippen LogP contribution in [0.3, 0.4) is 0 Å². The number of aliphatic carboxylic acids is 1. The van der Waals surface area contributed by atoms with Gasteiger partial charge in [-0.1, -0.05) is 11.8 Å². The number of carbonyl (C=O) groups is 1. The van der Waals surface area contributed by atoms with E-state index in [0.29, 0.717) is 5.76 Å². The van der Waals surface area contributed by atoms with Gasteiger partial charge in [0.2, 0.25) is 0 Å². The van der Waals surface area contributed by atoms with Crippen molar-refractivity contribution in [1.82, 2.24) is 0 Å². The molecule has 0 aliphatic carbocycles. The maximum Gasteiger partial charge on any atom is 0.328 e. The number of hydrogen-bond acceptors (Lipinski definition) is 2. The van der Waals surface area contributed by atoms with Crippen molar-refractivity contribution >= 4 is 12.0 Å². The van der Waals surface area contributed by atoms with E-state index >= 15 is 0 Å². The van der Waals surface area contributed by atoms with Crippen molar-refractivity contribution in [2.24, 2.45) is 0 Å². The van der Waals surface area contributed by atoms with Crippen LogP contribution < -0.4 is 0 Å². The quantitative estimate of drug-likeness (QED) is 0.602. The summed E-state index contributed by atoms with van der Waals surface area (Å²) in [7, 11) is 0. The molecule has 0 fully saturated rings. The minimum Gasteiger partial charge on any atom is -0.478 e. The average molecular weight is 212 g/mol. The molecule has 1 rings (SSSR count). The third kappa shape index (κ3) is 5.16. The number of hydrogen-bond donors (Lipinski definition) is 1. The third-order valence-corrected chi connectivity index (χ3v) is 1.39. The first-order valence-corrected chi connectivity index (χ1v) is 4.39. The zero-order valence-corrected chi connectivity index (χ0v) is 8.31. The first kappa shape index (κ1) is 11.4. The van der Waals surface area contributed by atoms with Crippen molar-refractivity contribution in [1.29, 1.82) is 0 Å². The van der Waals surface area contributed by atoms with E-state index < -0.39 is 5.97 Å². The highest BCUT2D eigenvalue weighted by Gasteiger charge is 1.83. The molecule has 0 amide bonds. The van der Waals surface area contributed by atoms with Crippen LogP contribution >= 0.6 is 0 Å². The van der Waals surface area contributed by atoms with E-state index in [0.717, 1.165) is 6.08 Å². The highest BCUT2D eigenvalue weighted by atomic mass is 16.4. The van der Waals surface area contributed by atoms with Crippen molar-refractivity contribution in [2.75, 3.05) is 0 Å². The molecule has 0 radical (unpaired) electrons. The largest absolute Gasteiger partial charge is 0.478 e. The lowest BCUT2D eigenvalue weighted by molar-refractivity contribution is -0.131. The molecule has 0 saturated heterocycles. The number of carboxylic acid groups (broad SMARTS) is 1. The summed E-state index contributed by atoms with van der Waals surface area (Å²) < 4.78 is 5.04. The predicted molar refractivity (Wildman–Crippen MR) is 60.1 cm³/mol. The van der Waals surface area contributed by atoms with Crippen LogP contribution in [0.5, 0.6) is 0 Å². The molecule has 3 heteroatoms. The fraction of sp³-hybridized carbons (Fsp3) is 0. The Kier molecular flexibility index (Phi) is 4.82. The molecule has 0 aliphatic heterocycles. The molecule has 0 aliphatic rings. The van der Waals surface area contributed by atoms with Gasteiger partial charge < -0.3 is 9.52 Å². The second-order valence-electron chi connectivity index (χ2n) is 2.56. The predicted octanol–water partition coefficient (Wildman–Crippen LogP) is 1.94. The molecule has 0 saturated carbocycles. The second-order valence-corrected chi connectivity index (χ2v) is 2.56. The fourth-order valence-corrected chi connectivity index (χ4v) is 0.778. The zero-order valence-electron chi connectivity index (χ0n) is 8.31. The topological polar surface area (TPSA) is 50.4 Å². The summed E-state index contributed by atoms with van der Waals surface area (Å²) >= 11 is 0. The number of furan rings is 1. The Morgan fingerprint density at radius 1 is 1.31 bits per heavy atom. The van der Waals surface area contributed by atoms with Crippen molar-refractivity contribution in [3.63, 3.8) is 0 Å². The van der Waals surface area contributed by atoms with E-state index in [2.05, 4.69) is 23.7 Å². The summed E-state index contributed by atoms with van der Waals surface area (Å²) in [5, 5.41) is 8.25. The van der Waals surface area contributed by atoms with Gasteiger partial charge in [0.25, 0.3) is 0 Å². The number of rotatable bonds is 2. The van der Waals surface area contributed by atoms with Crippen LogP contribution in [0, 0.1) is 23.7 Å². The Balaban J connectivity index is 2.41. The summed E-state index contributed by atoms with van der Waals surface area (Å²) in [5.41, 5.74) is 0. The molecule has 1 heterocycles. The van der Waals surface area contributed by atoms with Gasteiger partial charge in [-0.3, -0.25) is 0 Å². The highest BCUT2D eigenvalue weighted by molar-refractivity contribution is 5.80. The Bertz CT molecular complexity index is 511.